The van der Waals surface area contributed by atoms with E-state index in [9.17, 15) is 4.79 Å². The molecular weight excluding hydrogens is 338 g/mol. The second-order valence-electron chi connectivity index (χ2n) is 6.19. The van der Waals surface area contributed by atoms with Crippen molar-refractivity contribution >= 4 is 5.91 Å². The molecule has 0 bridgehead atoms. The van der Waals surface area contributed by atoms with Gasteiger partial charge < -0.3 is 14.8 Å². The molecule has 0 unspecified atom stereocenters. The summed E-state index contributed by atoms with van der Waals surface area (Å²) in [6.45, 7) is 0.380. The highest BCUT2D eigenvalue weighted by atomic mass is 16.5. The van der Waals surface area contributed by atoms with Gasteiger partial charge in [-0.1, -0.05) is 60.7 Å². The van der Waals surface area contributed by atoms with Crippen molar-refractivity contribution in [3.05, 3.63) is 101 Å². The molecule has 3 rings (SSSR count). The van der Waals surface area contributed by atoms with Gasteiger partial charge in [-0.15, -0.1) is 0 Å². The second kappa shape index (κ2) is 9.01. The first-order chi connectivity index (χ1) is 13.2. The van der Waals surface area contributed by atoms with Crippen LogP contribution < -0.4 is 10.1 Å². The first-order valence-corrected chi connectivity index (χ1v) is 8.79. The van der Waals surface area contributed by atoms with Crippen LogP contribution in [0.4, 0.5) is 0 Å². The predicted octanol–water partition coefficient (Wildman–Crippen LogP) is 4.36. The van der Waals surface area contributed by atoms with Crippen molar-refractivity contribution in [2.45, 2.75) is 12.6 Å². The topological polar surface area (TPSA) is 47.6 Å². The fourth-order valence-electron chi connectivity index (χ4n) is 3.05. The van der Waals surface area contributed by atoms with Gasteiger partial charge in [-0.3, -0.25) is 4.79 Å². The van der Waals surface area contributed by atoms with Crippen molar-refractivity contribution in [1.82, 2.24) is 5.32 Å². The molecule has 0 heterocycles. The molecule has 4 nitrogen and oxygen atoms in total. The van der Waals surface area contributed by atoms with Crippen LogP contribution in [0.15, 0.2) is 78.9 Å². The summed E-state index contributed by atoms with van der Waals surface area (Å²) in [5.74, 6) is 0.559. The van der Waals surface area contributed by atoms with Crippen molar-refractivity contribution in [2.75, 3.05) is 14.2 Å². The van der Waals surface area contributed by atoms with Gasteiger partial charge in [0.25, 0.3) is 5.91 Å². The van der Waals surface area contributed by atoms with Crippen LogP contribution in [0, 0.1) is 0 Å². The molecule has 3 aromatic carbocycles. The number of hydrogen-bond acceptors (Lipinski definition) is 3. The van der Waals surface area contributed by atoms with Crippen LogP contribution in [0.3, 0.4) is 0 Å². The van der Waals surface area contributed by atoms with E-state index in [-0.39, 0.29) is 11.9 Å². The van der Waals surface area contributed by atoms with E-state index in [1.54, 1.807) is 26.4 Å². The highest BCUT2D eigenvalue weighted by Gasteiger charge is 2.18. The third-order valence-corrected chi connectivity index (χ3v) is 4.38. The number of rotatable bonds is 7. The molecule has 3 aromatic rings. The molecule has 0 saturated carbocycles. The van der Waals surface area contributed by atoms with E-state index in [0.717, 1.165) is 16.7 Å². The van der Waals surface area contributed by atoms with E-state index in [0.29, 0.717) is 17.9 Å². The second-order valence-corrected chi connectivity index (χ2v) is 6.19. The molecule has 27 heavy (non-hydrogen) atoms. The van der Waals surface area contributed by atoms with Crippen molar-refractivity contribution < 1.29 is 14.3 Å². The monoisotopic (exact) mass is 361 g/mol. The number of amides is 1. The Morgan fingerprint density at radius 1 is 0.889 bits per heavy atom. The molecule has 0 radical (unpaired) electrons. The Morgan fingerprint density at radius 3 is 2.00 bits per heavy atom. The Hall–Kier alpha value is -3.11. The molecular formula is C23H23NO3. The standard InChI is InChI=1S/C23H23NO3/c1-26-16-20-15-19(13-14-21(20)27-2)23(25)24-22(17-9-5-3-6-10-17)18-11-7-4-8-12-18/h3-15,22H,16H2,1-2H3,(H,24,25). The lowest BCUT2D eigenvalue weighted by atomic mass is 9.98. The zero-order valence-corrected chi connectivity index (χ0v) is 15.5. The first-order valence-electron chi connectivity index (χ1n) is 8.79. The minimum atomic E-state index is -0.229. The van der Waals surface area contributed by atoms with Gasteiger partial charge in [0.15, 0.2) is 0 Å². The van der Waals surface area contributed by atoms with Crippen LogP contribution in [0.5, 0.6) is 5.75 Å². The smallest absolute Gasteiger partial charge is 0.252 e. The molecule has 0 aliphatic rings. The van der Waals surface area contributed by atoms with Gasteiger partial charge >= 0.3 is 0 Å². The molecule has 0 aliphatic carbocycles. The van der Waals surface area contributed by atoms with Gasteiger partial charge in [0.05, 0.1) is 19.8 Å². The molecule has 1 N–H and O–H groups in total. The van der Waals surface area contributed by atoms with Crippen molar-refractivity contribution in [3.63, 3.8) is 0 Å². The lowest BCUT2D eigenvalue weighted by molar-refractivity contribution is 0.0942. The Bertz CT molecular complexity index is 839. The summed E-state index contributed by atoms with van der Waals surface area (Å²) in [5.41, 5.74) is 3.47. The number of benzene rings is 3. The van der Waals surface area contributed by atoms with Crippen LogP contribution >= 0.6 is 0 Å². The molecule has 4 heteroatoms. The molecule has 1 amide bonds. The summed E-state index contributed by atoms with van der Waals surface area (Å²) in [6.07, 6.45) is 0. The highest BCUT2D eigenvalue weighted by molar-refractivity contribution is 5.95. The van der Waals surface area contributed by atoms with Gasteiger partial charge in [0, 0.05) is 18.2 Å². The van der Waals surface area contributed by atoms with E-state index < -0.39 is 0 Å². The van der Waals surface area contributed by atoms with Crippen LogP contribution in [-0.4, -0.2) is 20.1 Å². The lowest BCUT2D eigenvalue weighted by Crippen LogP contribution is -2.29. The van der Waals surface area contributed by atoms with E-state index in [1.807, 2.05) is 66.7 Å². The maximum absolute atomic E-state index is 13.0. The highest BCUT2D eigenvalue weighted by Crippen LogP contribution is 2.24. The molecule has 0 aliphatic heterocycles. The number of carbonyl (C=O) groups excluding carboxylic acids is 1. The minimum Gasteiger partial charge on any atom is -0.496 e. The first kappa shape index (κ1) is 18.7. The molecule has 0 saturated heterocycles. The summed E-state index contributed by atoms with van der Waals surface area (Å²) in [5, 5.41) is 3.15. The van der Waals surface area contributed by atoms with E-state index in [4.69, 9.17) is 9.47 Å². The Kier molecular flexibility index (Phi) is 6.23. The van der Waals surface area contributed by atoms with Crippen molar-refractivity contribution in [2.24, 2.45) is 0 Å². The van der Waals surface area contributed by atoms with Gasteiger partial charge in [0.1, 0.15) is 5.75 Å². The fraction of sp³-hybridized carbons (Fsp3) is 0.174. The SMILES string of the molecule is COCc1cc(C(=O)NC(c2ccccc2)c2ccccc2)ccc1OC. The van der Waals surface area contributed by atoms with Crippen LogP contribution in [0.2, 0.25) is 0 Å². The van der Waals surface area contributed by atoms with E-state index in [2.05, 4.69) is 5.32 Å². The van der Waals surface area contributed by atoms with Gasteiger partial charge in [-0.2, -0.15) is 0 Å². The van der Waals surface area contributed by atoms with Crippen molar-refractivity contribution in [1.29, 1.82) is 0 Å². The molecule has 138 valence electrons. The van der Waals surface area contributed by atoms with E-state index in [1.165, 1.54) is 0 Å². The number of hydrogen-bond donors (Lipinski definition) is 1. The summed E-state index contributed by atoms with van der Waals surface area (Å²) >= 11 is 0. The van der Waals surface area contributed by atoms with Gasteiger partial charge in [-0.25, -0.2) is 0 Å². The summed E-state index contributed by atoms with van der Waals surface area (Å²) in [6, 6.07) is 25.0. The van der Waals surface area contributed by atoms with Gasteiger partial charge in [0.2, 0.25) is 0 Å². The Balaban J connectivity index is 1.90. The molecule has 0 aromatic heterocycles. The summed E-state index contributed by atoms with van der Waals surface area (Å²) in [4.78, 5) is 13.0. The maximum atomic E-state index is 13.0. The van der Waals surface area contributed by atoms with Crippen LogP contribution in [0.1, 0.15) is 33.1 Å². The average molecular weight is 361 g/mol. The average Bonchev–Trinajstić information content (AvgIpc) is 2.73. The van der Waals surface area contributed by atoms with E-state index >= 15 is 0 Å². The number of ether oxygens (including phenoxy) is 2. The number of methoxy groups -OCH3 is 2. The Morgan fingerprint density at radius 2 is 1.48 bits per heavy atom. The normalized spacial score (nSPS) is 10.6. The largest absolute Gasteiger partial charge is 0.496 e. The quantitative estimate of drug-likeness (QED) is 0.680. The lowest BCUT2D eigenvalue weighted by Gasteiger charge is -2.20. The third kappa shape index (κ3) is 4.54. The predicted molar refractivity (Wildman–Crippen MR) is 106 cm³/mol. The number of nitrogens with one attached hydrogen (secondary N) is 1. The Labute approximate surface area is 159 Å². The third-order valence-electron chi connectivity index (χ3n) is 4.38. The zero-order chi connectivity index (χ0) is 19.1. The minimum absolute atomic E-state index is 0.146. The molecule has 0 atom stereocenters. The summed E-state index contributed by atoms with van der Waals surface area (Å²) in [7, 11) is 3.22. The molecule has 0 spiro atoms. The van der Waals surface area contributed by atoms with Crippen LogP contribution in [-0.2, 0) is 11.3 Å². The van der Waals surface area contributed by atoms with Crippen molar-refractivity contribution in [3.8, 4) is 5.75 Å². The van der Waals surface area contributed by atoms with Gasteiger partial charge in [-0.05, 0) is 29.3 Å². The van der Waals surface area contributed by atoms with Crippen LogP contribution in [0.25, 0.3) is 0 Å². The molecule has 0 fully saturated rings. The maximum Gasteiger partial charge on any atom is 0.252 e. The fourth-order valence-corrected chi connectivity index (χ4v) is 3.05. The number of carbonyl (C=O) groups is 1. The zero-order valence-electron chi connectivity index (χ0n) is 15.5. The summed E-state index contributed by atoms with van der Waals surface area (Å²) < 4.78 is 10.6.